The molecular formula is C9H14O. The van der Waals surface area contributed by atoms with E-state index in [1.807, 2.05) is 0 Å². The van der Waals surface area contributed by atoms with Gasteiger partial charge >= 0.3 is 0 Å². The molecular weight excluding hydrogens is 124 g/mol. The highest BCUT2D eigenvalue weighted by molar-refractivity contribution is 5.88. The molecule has 2 aliphatic carbocycles. The van der Waals surface area contributed by atoms with Crippen LogP contribution in [0.5, 0.6) is 0 Å². The number of ketones is 1. The van der Waals surface area contributed by atoms with E-state index in [1.54, 1.807) is 0 Å². The predicted octanol–water partition coefficient (Wildman–Crippen LogP) is 2.01. The molecule has 2 fully saturated rings. The summed E-state index contributed by atoms with van der Waals surface area (Å²) in [7, 11) is 0. The highest BCUT2D eigenvalue weighted by atomic mass is 16.1. The molecule has 2 bridgehead atoms. The summed E-state index contributed by atoms with van der Waals surface area (Å²) in [5, 5.41) is 0. The van der Waals surface area contributed by atoms with Crippen molar-refractivity contribution in [2.75, 3.05) is 0 Å². The normalized spacial score (nSPS) is 42.8. The second kappa shape index (κ2) is 1.63. The molecule has 2 unspecified atom stereocenters. The van der Waals surface area contributed by atoms with Crippen LogP contribution in [0.15, 0.2) is 0 Å². The van der Waals surface area contributed by atoms with E-state index in [2.05, 4.69) is 13.8 Å². The first-order valence-corrected chi connectivity index (χ1v) is 4.15. The van der Waals surface area contributed by atoms with E-state index < -0.39 is 0 Å². The zero-order valence-corrected chi connectivity index (χ0v) is 6.68. The molecule has 2 aliphatic rings. The van der Waals surface area contributed by atoms with Crippen molar-refractivity contribution in [2.24, 2.45) is 17.3 Å². The van der Waals surface area contributed by atoms with Gasteiger partial charge < -0.3 is 0 Å². The zero-order valence-electron chi connectivity index (χ0n) is 6.68. The summed E-state index contributed by atoms with van der Waals surface area (Å²) < 4.78 is 0. The number of carbonyl (C=O) groups is 1. The van der Waals surface area contributed by atoms with Gasteiger partial charge in [-0.1, -0.05) is 13.8 Å². The number of Topliss-reactive ketones (excluding diaryl/α,β-unsaturated/α-hetero) is 1. The van der Waals surface area contributed by atoms with Crippen molar-refractivity contribution in [1.29, 1.82) is 0 Å². The van der Waals surface area contributed by atoms with Crippen LogP contribution < -0.4 is 0 Å². The Morgan fingerprint density at radius 2 is 2.10 bits per heavy atom. The average Bonchev–Trinajstić information content (AvgIpc) is 2.21. The summed E-state index contributed by atoms with van der Waals surface area (Å²) in [6.45, 7) is 4.46. The molecule has 0 aliphatic heterocycles. The summed E-state index contributed by atoms with van der Waals surface area (Å²) in [6.07, 6.45) is 3.49. The Balaban J connectivity index is 2.32. The van der Waals surface area contributed by atoms with Crippen molar-refractivity contribution in [3.8, 4) is 0 Å². The molecule has 0 saturated heterocycles. The molecule has 1 heteroatoms. The van der Waals surface area contributed by atoms with Crippen LogP contribution in [0.3, 0.4) is 0 Å². The Kier molecular flexibility index (Phi) is 1.04. The second-order valence-corrected chi connectivity index (χ2v) is 4.42. The van der Waals surface area contributed by atoms with Gasteiger partial charge in [0.15, 0.2) is 0 Å². The zero-order chi connectivity index (χ0) is 7.35. The lowest BCUT2D eigenvalue weighted by Gasteiger charge is -2.27. The molecule has 2 atom stereocenters. The molecule has 0 aromatic carbocycles. The van der Waals surface area contributed by atoms with Gasteiger partial charge in [-0.3, -0.25) is 4.79 Å². The fourth-order valence-electron chi connectivity index (χ4n) is 2.69. The highest BCUT2D eigenvalue weighted by Crippen LogP contribution is 2.52. The van der Waals surface area contributed by atoms with Gasteiger partial charge in [-0.25, -0.2) is 0 Å². The molecule has 10 heavy (non-hydrogen) atoms. The van der Waals surface area contributed by atoms with E-state index in [-0.39, 0.29) is 0 Å². The van der Waals surface area contributed by atoms with Gasteiger partial charge in [-0.05, 0) is 24.7 Å². The molecule has 1 nitrogen and oxygen atoms in total. The molecule has 2 rings (SSSR count). The minimum absolute atomic E-state index is 0.333. The lowest BCUT2D eigenvalue weighted by molar-refractivity contribution is -0.122. The van der Waals surface area contributed by atoms with Crippen LogP contribution in [0.2, 0.25) is 0 Å². The van der Waals surface area contributed by atoms with Crippen LogP contribution in [0, 0.1) is 17.3 Å². The predicted molar refractivity (Wildman–Crippen MR) is 39.6 cm³/mol. The molecule has 0 spiro atoms. The quantitative estimate of drug-likeness (QED) is 0.500. The lowest BCUT2D eigenvalue weighted by Crippen LogP contribution is -2.20. The number of fused-ring (bicyclic) bond motifs is 2. The van der Waals surface area contributed by atoms with Crippen molar-refractivity contribution in [3.63, 3.8) is 0 Å². The molecule has 0 heterocycles. The Hall–Kier alpha value is -0.330. The van der Waals surface area contributed by atoms with Gasteiger partial charge in [0.1, 0.15) is 5.78 Å². The van der Waals surface area contributed by atoms with Gasteiger partial charge in [0.25, 0.3) is 0 Å². The summed E-state index contributed by atoms with van der Waals surface area (Å²) >= 11 is 0. The third-order valence-corrected chi connectivity index (χ3v) is 3.27. The molecule has 0 amide bonds. The smallest absolute Gasteiger partial charge is 0.139 e. The summed E-state index contributed by atoms with van der Waals surface area (Å²) in [4.78, 5) is 11.4. The van der Waals surface area contributed by atoms with Gasteiger partial charge in [0, 0.05) is 11.8 Å². The second-order valence-electron chi connectivity index (χ2n) is 4.42. The minimum atomic E-state index is 0.333. The third-order valence-electron chi connectivity index (χ3n) is 3.27. The topological polar surface area (TPSA) is 17.1 Å². The summed E-state index contributed by atoms with van der Waals surface area (Å²) in [5.74, 6) is 1.42. The Morgan fingerprint density at radius 1 is 1.40 bits per heavy atom. The van der Waals surface area contributed by atoms with Crippen molar-refractivity contribution in [1.82, 2.24) is 0 Å². The van der Waals surface area contributed by atoms with E-state index in [0.717, 1.165) is 12.8 Å². The maximum atomic E-state index is 11.4. The molecule has 0 aromatic heterocycles. The number of carbonyl (C=O) groups excluding carboxylic acids is 1. The monoisotopic (exact) mass is 138 g/mol. The standard InChI is InChI=1S/C9H14O/c1-9(2)5-6-3-4-7(9)8(6)10/h6-7H,3-5H2,1-2H3. The van der Waals surface area contributed by atoms with E-state index in [4.69, 9.17) is 0 Å². The Labute approximate surface area is 61.8 Å². The first-order chi connectivity index (χ1) is 4.61. The maximum Gasteiger partial charge on any atom is 0.139 e. The van der Waals surface area contributed by atoms with Crippen molar-refractivity contribution in [2.45, 2.75) is 33.1 Å². The van der Waals surface area contributed by atoms with Crippen molar-refractivity contribution < 1.29 is 4.79 Å². The lowest BCUT2D eigenvalue weighted by atomic mass is 9.77. The Bertz CT molecular complexity index is 181. The van der Waals surface area contributed by atoms with Crippen LogP contribution in [0.25, 0.3) is 0 Å². The van der Waals surface area contributed by atoms with E-state index >= 15 is 0 Å². The SMILES string of the molecule is CC1(C)CC2CCC1C2=O. The van der Waals surface area contributed by atoms with E-state index in [9.17, 15) is 4.79 Å². The molecule has 2 saturated carbocycles. The van der Waals surface area contributed by atoms with Crippen LogP contribution >= 0.6 is 0 Å². The molecule has 0 aromatic rings. The molecule has 0 radical (unpaired) electrons. The fourth-order valence-corrected chi connectivity index (χ4v) is 2.69. The fraction of sp³-hybridized carbons (Fsp3) is 0.889. The van der Waals surface area contributed by atoms with Crippen molar-refractivity contribution in [3.05, 3.63) is 0 Å². The van der Waals surface area contributed by atoms with E-state index in [1.165, 1.54) is 6.42 Å². The number of hydrogen-bond acceptors (Lipinski definition) is 1. The molecule has 0 N–H and O–H groups in total. The third kappa shape index (κ3) is 0.609. The number of rotatable bonds is 0. The Morgan fingerprint density at radius 3 is 2.30 bits per heavy atom. The summed E-state index contributed by atoms with van der Waals surface area (Å²) in [6, 6.07) is 0. The minimum Gasteiger partial charge on any atom is -0.299 e. The van der Waals surface area contributed by atoms with Crippen LogP contribution in [0.1, 0.15) is 33.1 Å². The van der Waals surface area contributed by atoms with Crippen LogP contribution in [-0.2, 0) is 4.79 Å². The maximum absolute atomic E-state index is 11.4. The van der Waals surface area contributed by atoms with E-state index in [0.29, 0.717) is 23.0 Å². The molecule has 56 valence electrons. The van der Waals surface area contributed by atoms with Gasteiger partial charge in [0.2, 0.25) is 0 Å². The largest absolute Gasteiger partial charge is 0.299 e. The van der Waals surface area contributed by atoms with Gasteiger partial charge in [0.05, 0.1) is 0 Å². The van der Waals surface area contributed by atoms with Gasteiger partial charge in [-0.2, -0.15) is 0 Å². The first-order valence-electron chi connectivity index (χ1n) is 4.15. The first kappa shape index (κ1) is 6.38. The van der Waals surface area contributed by atoms with Crippen molar-refractivity contribution >= 4 is 5.78 Å². The van der Waals surface area contributed by atoms with Crippen LogP contribution in [-0.4, -0.2) is 5.78 Å². The van der Waals surface area contributed by atoms with Crippen LogP contribution in [0.4, 0.5) is 0 Å². The number of hydrogen-bond donors (Lipinski definition) is 0. The van der Waals surface area contributed by atoms with Gasteiger partial charge in [-0.15, -0.1) is 0 Å². The average molecular weight is 138 g/mol. The highest BCUT2D eigenvalue weighted by Gasteiger charge is 2.51. The summed E-state index contributed by atoms with van der Waals surface area (Å²) in [5.41, 5.74) is 0.333.